The summed E-state index contributed by atoms with van der Waals surface area (Å²) in [5.74, 6) is -0.119. The smallest absolute Gasteiger partial charge is 0.508 e. The van der Waals surface area contributed by atoms with Gasteiger partial charge in [-0.1, -0.05) is 34.1 Å². The molecule has 14 heteroatoms. The maximum Gasteiger partial charge on any atom is 0.539 e. The predicted octanol–water partition coefficient (Wildman–Crippen LogP) is 4.53. The van der Waals surface area contributed by atoms with E-state index in [1.807, 2.05) is 27.7 Å². The van der Waals surface area contributed by atoms with E-state index < -0.39 is 28.9 Å². The minimum atomic E-state index is -5.52. The van der Waals surface area contributed by atoms with Gasteiger partial charge in [-0.3, -0.25) is 4.52 Å². The molecule has 2 unspecified atom stereocenters. The number of hydrogen-bond donors (Lipinski definition) is 4. The molecule has 0 amide bonds. The van der Waals surface area contributed by atoms with Gasteiger partial charge in [0.05, 0.1) is 6.61 Å². The van der Waals surface area contributed by atoms with E-state index in [1.165, 1.54) is 19.1 Å². The Morgan fingerprint density at radius 3 is 2.10 bits per heavy atom. The van der Waals surface area contributed by atoms with Crippen LogP contribution >= 0.6 is 23.5 Å². The Morgan fingerprint density at radius 2 is 1.62 bits per heavy atom. The highest BCUT2D eigenvalue weighted by atomic mass is 31.3. The van der Waals surface area contributed by atoms with Crippen molar-refractivity contribution < 1.29 is 51.2 Å². The van der Waals surface area contributed by atoms with Crippen LogP contribution in [0.3, 0.4) is 0 Å². The Morgan fingerprint density at radius 1 is 1.03 bits per heavy atom. The Bertz CT molecular complexity index is 856. The zero-order valence-electron chi connectivity index (χ0n) is 16.8. The van der Waals surface area contributed by atoms with E-state index in [1.54, 1.807) is 0 Å². The first-order valence-electron chi connectivity index (χ1n) is 8.57. The van der Waals surface area contributed by atoms with Gasteiger partial charge in [-0.2, -0.15) is 8.62 Å². The highest BCUT2D eigenvalue weighted by molar-refractivity contribution is 7.67. The number of aromatic hydroxyl groups is 1. The van der Waals surface area contributed by atoms with Crippen molar-refractivity contribution in [2.75, 3.05) is 6.61 Å². The molecule has 168 valence electrons. The van der Waals surface area contributed by atoms with E-state index in [4.69, 9.17) is 18.8 Å². The lowest BCUT2D eigenvalue weighted by atomic mass is 9.85. The highest BCUT2D eigenvalue weighted by Crippen LogP contribution is 2.68. The molecule has 0 aliphatic carbocycles. The summed E-state index contributed by atoms with van der Waals surface area (Å²) in [6.07, 6.45) is 1.02. The average molecular weight is 476 g/mol. The van der Waals surface area contributed by atoms with Gasteiger partial charge in [0.15, 0.2) is 0 Å². The summed E-state index contributed by atoms with van der Waals surface area (Å²) < 4.78 is 54.1. The molecule has 0 bridgehead atoms. The van der Waals surface area contributed by atoms with E-state index in [0.717, 1.165) is 0 Å². The standard InChI is InChI=1S/C15H27O11P3/c1-6-7-8-23-29(22,26-28(20,21)25-27(17,18)19)24-14-10-12(15(3,4)5)13(16)9-11(14)2/h9-10,16H,6-8H2,1-5H3,(H,20,21)(H2,17,18,19). The molecular weight excluding hydrogens is 449 g/mol. The van der Waals surface area contributed by atoms with E-state index >= 15 is 0 Å². The van der Waals surface area contributed by atoms with E-state index in [2.05, 4.69) is 8.62 Å². The number of phosphoric acid groups is 3. The van der Waals surface area contributed by atoms with Gasteiger partial charge < -0.3 is 24.3 Å². The van der Waals surface area contributed by atoms with Gasteiger partial charge in [0.1, 0.15) is 11.5 Å². The first-order valence-corrected chi connectivity index (χ1v) is 13.1. The summed E-state index contributed by atoms with van der Waals surface area (Å²) in [6, 6.07) is 2.72. The van der Waals surface area contributed by atoms with Gasteiger partial charge in [-0.15, -0.1) is 0 Å². The second kappa shape index (κ2) is 9.60. The lowest BCUT2D eigenvalue weighted by Crippen LogP contribution is -2.12. The zero-order valence-corrected chi connectivity index (χ0v) is 19.4. The second-order valence-corrected chi connectivity index (χ2v) is 11.8. The molecule has 0 saturated heterocycles. The SMILES string of the molecule is CCCCOP(=O)(Oc1cc(C(C)(C)C)c(O)cc1C)OP(=O)(O)OP(=O)(O)O. The van der Waals surface area contributed by atoms with Crippen LogP contribution in [0, 0.1) is 6.92 Å². The van der Waals surface area contributed by atoms with Gasteiger partial charge in [0.2, 0.25) is 0 Å². The molecular formula is C15H27O11P3. The summed E-state index contributed by atoms with van der Waals surface area (Å²) >= 11 is 0. The molecule has 1 rings (SSSR count). The minimum absolute atomic E-state index is 0.0392. The van der Waals surface area contributed by atoms with Crippen molar-refractivity contribution in [3.8, 4) is 11.5 Å². The quantitative estimate of drug-likeness (QED) is 0.276. The van der Waals surface area contributed by atoms with Crippen LogP contribution in [0.25, 0.3) is 0 Å². The number of benzene rings is 1. The van der Waals surface area contributed by atoms with Crippen molar-refractivity contribution in [2.45, 2.75) is 52.9 Å². The largest absolute Gasteiger partial charge is 0.539 e. The van der Waals surface area contributed by atoms with Crippen molar-refractivity contribution in [3.63, 3.8) is 0 Å². The van der Waals surface area contributed by atoms with Gasteiger partial charge in [0.25, 0.3) is 0 Å². The average Bonchev–Trinajstić information content (AvgIpc) is 2.45. The summed E-state index contributed by atoms with van der Waals surface area (Å²) in [5.41, 5.74) is 0.207. The van der Waals surface area contributed by atoms with Crippen LogP contribution in [0.15, 0.2) is 12.1 Å². The maximum atomic E-state index is 13.0. The molecule has 0 aliphatic rings. The molecule has 29 heavy (non-hydrogen) atoms. The molecule has 0 spiro atoms. The molecule has 1 aromatic rings. The fourth-order valence-electron chi connectivity index (χ4n) is 2.16. The number of hydrogen-bond acceptors (Lipinski definition) is 8. The Hall–Kier alpha value is -0.730. The molecule has 2 atom stereocenters. The monoisotopic (exact) mass is 476 g/mol. The summed E-state index contributed by atoms with van der Waals surface area (Å²) in [4.78, 5) is 27.0. The van der Waals surface area contributed by atoms with Crippen molar-refractivity contribution in [1.82, 2.24) is 0 Å². The molecule has 4 N–H and O–H groups in total. The van der Waals surface area contributed by atoms with Crippen LogP contribution in [-0.4, -0.2) is 26.4 Å². The van der Waals surface area contributed by atoms with Gasteiger partial charge in [-0.25, -0.2) is 13.7 Å². The number of phenolic OH excluding ortho intramolecular Hbond substituents is 1. The first kappa shape index (κ1) is 26.3. The molecule has 0 aromatic heterocycles. The van der Waals surface area contributed by atoms with Crippen LogP contribution in [-0.2, 0) is 32.3 Å². The molecule has 0 fully saturated rings. The molecule has 11 nitrogen and oxygen atoms in total. The summed E-state index contributed by atoms with van der Waals surface area (Å²) in [6.45, 7) is 8.57. The molecule has 0 aliphatic heterocycles. The number of rotatable bonds is 10. The topological polar surface area (TPSA) is 169 Å². The van der Waals surface area contributed by atoms with E-state index in [9.17, 15) is 23.7 Å². The normalized spacial score (nSPS) is 16.8. The van der Waals surface area contributed by atoms with Crippen LogP contribution in [0.5, 0.6) is 11.5 Å². The third-order valence-corrected chi connectivity index (χ3v) is 7.69. The van der Waals surface area contributed by atoms with Crippen LogP contribution in [0.2, 0.25) is 0 Å². The van der Waals surface area contributed by atoms with Gasteiger partial charge in [0, 0.05) is 5.56 Å². The molecule has 0 heterocycles. The fourth-order valence-corrected chi connectivity index (χ4v) is 5.79. The summed E-state index contributed by atoms with van der Waals surface area (Å²) in [5, 5.41) is 10.2. The number of unbranched alkanes of at least 4 members (excludes halogenated alkanes) is 1. The van der Waals surface area contributed by atoms with E-state index in [-0.39, 0.29) is 18.1 Å². The number of phenols is 1. The number of phosphoric ester groups is 1. The molecule has 1 aromatic carbocycles. The van der Waals surface area contributed by atoms with Crippen molar-refractivity contribution in [1.29, 1.82) is 0 Å². The van der Waals surface area contributed by atoms with E-state index in [0.29, 0.717) is 24.0 Å². The lowest BCUT2D eigenvalue weighted by molar-refractivity contribution is 0.174. The van der Waals surface area contributed by atoms with Crippen LogP contribution < -0.4 is 4.52 Å². The van der Waals surface area contributed by atoms with Crippen molar-refractivity contribution in [3.05, 3.63) is 23.3 Å². The summed E-state index contributed by atoms with van der Waals surface area (Å²) in [7, 11) is -15.8. The third kappa shape index (κ3) is 8.89. The third-order valence-electron chi connectivity index (χ3n) is 3.47. The van der Waals surface area contributed by atoms with Crippen molar-refractivity contribution >= 4 is 23.5 Å². The Labute approximate surface area is 169 Å². The van der Waals surface area contributed by atoms with Gasteiger partial charge in [-0.05, 0) is 36.5 Å². The van der Waals surface area contributed by atoms with Crippen LogP contribution in [0.4, 0.5) is 0 Å². The zero-order chi connectivity index (χ0) is 22.7. The fraction of sp³-hybridized carbons (Fsp3) is 0.600. The van der Waals surface area contributed by atoms with Crippen molar-refractivity contribution in [2.24, 2.45) is 0 Å². The minimum Gasteiger partial charge on any atom is -0.508 e. The predicted molar refractivity (Wildman–Crippen MR) is 105 cm³/mol. The first-order chi connectivity index (χ1) is 13.0. The molecule has 0 radical (unpaired) electrons. The second-order valence-electron chi connectivity index (χ2n) is 7.23. The number of aryl methyl sites for hydroxylation is 1. The maximum absolute atomic E-state index is 13.0. The lowest BCUT2D eigenvalue weighted by Gasteiger charge is -2.24. The van der Waals surface area contributed by atoms with Crippen LogP contribution in [0.1, 0.15) is 51.7 Å². The molecule has 0 saturated carbocycles. The van der Waals surface area contributed by atoms with Gasteiger partial charge >= 0.3 is 23.5 Å². The highest BCUT2D eigenvalue weighted by Gasteiger charge is 2.44. The Balaban J connectivity index is 3.31. The Kier molecular flexibility index (Phi) is 8.71.